The topological polar surface area (TPSA) is 102 Å². The van der Waals surface area contributed by atoms with Gasteiger partial charge in [0, 0.05) is 33.6 Å². The smallest absolute Gasteiger partial charge is 0.167 e. The Morgan fingerprint density at radius 2 is 1.04 bits per heavy atom. The van der Waals surface area contributed by atoms with Crippen LogP contribution in [0.2, 0.25) is 0 Å². The third-order valence-corrected chi connectivity index (χ3v) is 3.71. The van der Waals surface area contributed by atoms with E-state index in [4.69, 9.17) is 0 Å². The van der Waals surface area contributed by atoms with Gasteiger partial charge in [-0.15, -0.1) is 20.4 Å². The molecule has 0 fully saturated rings. The summed E-state index contributed by atoms with van der Waals surface area (Å²) in [6.07, 6.45) is 3.20. The molecule has 0 spiro atoms. The number of nitrogens with zero attached hydrogens (tertiary/aromatic N) is 6. The van der Waals surface area contributed by atoms with Crippen molar-refractivity contribution >= 4 is 0 Å². The van der Waals surface area contributed by atoms with Crippen LogP contribution in [-0.4, -0.2) is 39.7 Å². The van der Waals surface area contributed by atoms with Crippen LogP contribution in [0.1, 0.15) is 0 Å². The summed E-state index contributed by atoms with van der Waals surface area (Å²) in [6.45, 7) is 0. The summed E-state index contributed by atoms with van der Waals surface area (Å²) in [5, 5.41) is 34.3. The summed E-state index contributed by atoms with van der Waals surface area (Å²) in [5.41, 5.74) is 1.39. The SMILES string of the molecule is Cn1cnnc1-c1ccccc1O.Cn1cnnc1-c1ccccc1O.[Zn]. The van der Waals surface area contributed by atoms with E-state index >= 15 is 0 Å². The van der Waals surface area contributed by atoms with E-state index in [9.17, 15) is 10.2 Å². The predicted octanol–water partition coefficient (Wildman–Crippen LogP) is 2.37. The van der Waals surface area contributed by atoms with Crippen molar-refractivity contribution in [3.63, 3.8) is 0 Å². The maximum atomic E-state index is 9.53. The van der Waals surface area contributed by atoms with E-state index in [1.165, 1.54) is 0 Å². The molecule has 2 aromatic heterocycles. The monoisotopic (exact) mass is 414 g/mol. The van der Waals surface area contributed by atoms with Gasteiger partial charge in [0.05, 0.1) is 11.1 Å². The van der Waals surface area contributed by atoms with E-state index in [0.29, 0.717) is 22.8 Å². The van der Waals surface area contributed by atoms with Crippen molar-refractivity contribution in [2.45, 2.75) is 0 Å². The average Bonchev–Trinajstić information content (AvgIpc) is 3.25. The largest absolute Gasteiger partial charge is 0.507 e. The Balaban J connectivity index is 0.000000187. The van der Waals surface area contributed by atoms with Crippen LogP contribution < -0.4 is 0 Å². The second kappa shape index (κ2) is 9.05. The summed E-state index contributed by atoms with van der Waals surface area (Å²) < 4.78 is 3.52. The Morgan fingerprint density at radius 1 is 0.667 bits per heavy atom. The van der Waals surface area contributed by atoms with Gasteiger partial charge >= 0.3 is 0 Å². The molecular weight excluding hydrogens is 398 g/mol. The minimum atomic E-state index is 0. The summed E-state index contributed by atoms with van der Waals surface area (Å²) >= 11 is 0. The zero-order chi connectivity index (χ0) is 18.5. The Bertz CT molecular complexity index is 933. The van der Waals surface area contributed by atoms with Gasteiger partial charge in [0.25, 0.3) is 0 Å². The number of hydrogen-bond donors (Lipinski definition) is 2. The number of aromatic nitrogens is 6. The molecule has 0 aliphatic carbocycles. The minimum Gasteiger partial charge on any atom is -0.507 e. The normalized spacial score (nSPS) is 9.85. The summed E-state index contributed by atoms with van der Waals surface area (Å²) in [5.74, 6) is 1.77. The van der Waals surface area contributed by atoms with Gasteiger partial charge in [0.1, 0.15) is 24.2 Å². The van der Waals surface area contributed by atoms with Crippen LogP contribution >= 0.6 is 0 Å². The molecule has 0 aliphatic heterocycles. The molecule has 0 saturated heterocycles. The first-order chi connectivity index (χ1) is 12.6. The molecule has 2 heterocycles. The quantitative estimate of drug-likeness (QED) is 0.487. The second-order valence-corrected chi connectivity index (χ2v) is 5.57. The zero-order valence-corrected chi connectivity index (χ0v) is 18.0. The summed E-state index contributed by atoms with van der Waals surface area (Å²) in [7, 11) is 3.67. The fraction of sp³-hybridized carbons (Fsp3) is 0.111. The molecule has 0 unspecified atom stereocenters. The Labute approximate surface area is 168 Å². The van der Waals surface area contributed by atoms with Crippen LogP contribution in [-0.2, 0) is 33.6 Å². The molecule has 0 aliphatic rings. The maximum absolute atomic E-state index is 9.53. The van der Waals surface area contributed by atoms with Crippen molar-refractivity contribution in [2.24, 2.45) is 14.1 Å². The number of benzene rings is 2. The van der Waals surface area contributed by atoms with Gasteiger partial charge in [-0.1, -0.05) is 24.3 Å². The average molecular weight is 416 g/mol. The Kier molecular flexibility index (Phi) is 6.79. The van der Waals surface area contributed by atoms with E-state index in [2.05, 4.69) is 20.4 Å². The molecule has 0 radical (unpaired) electrons. The molecule has 0 bridgehead atoms. The number of rotatable bonds is 2. The third kappa shape index (κ3) is 4.57. The number of aromatic hydroxyl groups is 2. The Hall–Kier alpha value is -3.06. The molecule has 2 N–H and O–H groups in total. The van der Waals surface area contributed by atoms with Gasteiger partial charge < -0.3 is 19.3 Å². The van der Waals surface area contributed by atoms with Crippen molar-refractivity contribution in [3.8, 4) is 34.3 Å². The van der Waals surface area contributed by atoms with Gasteiger partial charge in [-0.25, -0.2) is 0 Å². The Morgan fingerprint density at radius 3 is 1.33 bits per heavy atom. The molecule has 27 heavy (non-hydrogen) atoms. The number of phenols is 2. The zero-order valence-electron chi connectivity index (χ0n) is 15.1. The third-order valence-electron chi connectivity index (χ3n) is 3.71. The number of phenolic OH excluding ortho intramolecular Hbond substituents is 2. The first-order valence-electron chi connectivity index (χ1n) is 7.82. The molecule has 134 valence electrons. The minimum absolute atomic E-state index is 0. The summed E-state index contributed by atoms with van der Waals surface area (Å²) in [6, 6.07) is 14.1. The van der Waals surface area contributed by atoms with E-state index in [1.807, 2.05) is 26.2 Å². The first kappa shape index (κ1) is 20.3. The molecule has 8 nitrogen and oxygen atoms in total. The molecule has 4 aromatic rings. The van der Waals surface area contributed by atoms with Crippen molar-refractivity contribution < 1.29 is 29.7 Å². The molecule has 4 rings (SSSR count). The van der Waals surface area contributed by atoms with Crippen molar-refractivity contribution in [2.75, 3.05) is 0 Å². The number of aryl methyl sites for hydroxylation is 2. The fourth-order valence-electron chi connectivity index (χ4n) is 2.38. The van der Waals surface area contributed by atoms with Gasteiger partial charge in [0.2, 0.25) is 0 Å². The molecule has 0 amide bonds. The molecule has 0 saturated carbocycles. The van der Waals surface area contributed by atoms with E-state index in [0.717, 1.165) is 0 Å². The van der Waals surface area contributed by atoms with Gasteiger partial charge in [-0.05, 0) is 24.3 Å². The molecule has 9 heteroatoms. The first-order valence-corrected chi connectivity index (χ1v) is 7.82. The van der Waals surface area contributed by atoms with Crippen LogP contribution in [0.3, 0.4) is 0 Å². The van der Waals surface area contributed by atoms with Crippen molar-refractivity contribution in [3.05, 3.63) is 61.2 Å². The van der Waals surface area contributed by atoms with E-state index in [1.54, 1.807) is 58.2 Å². The van der Waals surface area contributed by atoms with Crippen molar-refractivity contribution in [1.29, 1.82) is 0 Å². The van der Waals surface area contributed by atoms with Gasteiger partial charge in [0.15, 0.2) is 11.6 Å². The molecule has 2 aromatic carbocycles. The van der Waals surface area contributed by atoms with E-state index in [-0.39, 0.29) is 31.0 Å². The fourth-order valence-corrected chi connectivity index (χ4v) is 2.38. The van der Waals surface area contributed by atoms with Crippen LogP contribution in [0.15, 0.2) is 61.2 Å². The molecule has 0 atom stereocenters. The molecular formula is C18H18N6O2Zn. The number of para-hydroxylation sites is 2. The van der Waals surface area contributed by atoms with Crippen LogP contribution in [0, 0.1) is 0 Å². The van der Waals surface area contributed by atoms with Crippen LogP contribution in [0.25, 0.3) is 22.8 Å². The van der Waals surface area contributed by atoms with Gasteiger partial charge in [-0.3, -0.25) is 0 Å². The maximum Gasteiger partial charge on any atom is 0.167 e. The number of hydrogen-bond acceptors (Lipinski definition) is 6. The van der Waals surface area contributed by atoms with Crippen LogP contribution in [0.5, 0.6) is 11.5 Å². The predicted molar refractivity (Wildman–Crippen MR) is 96.2 cm³/mol. The van der Waals surface area contributed by atoms with Crippen molar-refractivity contribution in [1.82, 2.24) is 29.5 Å². The van der Waals surface area contributed by atoms with E-state index < -0.39 is 0 Å². The van der Waals surface area contributed by atoms with Gasteiger partial charge in [-0.2, -0.15) is 0 Å². The standard InChI is InChI=1S/2C9H9N3O.Zn/c2*1-12-6-10-11-9(12)7-4-2-3-5-8(7)13;/h2*2-6,13H,1H3;. The van der Waals surface area contributed by atoms with Crippen LogP contribution in [0.4, 0.5) is 0 Å². The second-order valence-electron chi connectivity index (χ2n) is 5.57. The summed E-state index contributed by atoms with van der Waals surface area (Å²) in [4.78, 5) is 0.